The molecule has 1 N–H and O–H groups in total. The Morgan fingerprint density at radius 1 is 1.20 bits per heavy atom. The van der Waals surface area contributed by atoms with Crippen LogP contribution in [0.3, 0.4) is 0 Å². The van der Waals surface area contributed by atoms with Crippen molar-refractivity contribution in [3.63, 3.8) is 0 Å². The summed E-state index contributed by atoms with van der Waals surface area (Å²) < 4.78 is 5.19. The van der Waals surface area contributed by atoms with Gasteiger partial charge in [0.2, 0.25) is 0 Å². The monoisotopic (exact) mass is 387 g/mol. The number of amides is 1. The summed E-state index contributed by atoms with van der Waals surface area (Å²) in [5, 5.41) is 3.68. The first-order valence-corrected chi connectivity index (χ1v) is 9.83. The summed E-state index contributed by atoms with van der Waals surface area (Å²) >= 11 is 9.37. The predicted octanol–water partition coefficient (Wildman–Crippen LogP) is 5.94. The van der Waals surface area contributed by atoms with Gasteiger partial charge in [0, 0.05) is 37.9 Å². The lowest BCUT2D eigenvalue weighted by Crippen LogP contribution is -2.10. The van der Waals surface area contributed by atoms with Crippen LogP contribution in [0.15, 0.2) is 53.4 Å². The molecule has 0 radical (unpaired) electrons. The SMILES string of the molecule is COc1cccc(NC(=O)c2cc3c(s2)-c2ccc(Cl)cc2SC3)c1. The van der Waals surface area contributed by atoms with Crippen LogP contribution in [0.5, 0.6) is 5.75 Å². The molecule has 126 valence electrons. The molecule has 0 atom stereocenters. The third-order valence-corrected chi connectivity index (χ3v) is 6.48. The highest BCUT2D eigenvalue weighted by Gasteiger charge is 2.22. The van der Waals surface area contributed by atoms with E-state index in [4.69, 9.17) is 16.3 Å². The lowest BCUT2D eigenvalue weighted by atomic mass is 10.1. The van der Waals surface area contributed by atoms with Crippen molar-refractivity contribution in [2.75, 3.05) is 12.4 Å². The van der Waals surface area contributed by atoms with Crippen LogP contribution >= 0.6 is 34.7 Å². The van der Waals surface area contributed by atoms with Crippen molar-refractivity contribution >= 4 is 46.3 Å². The molecule has 1 aromatic heterocycles. The summed E-state index contributed by atoms with van der Waals surface area (Å²) in [7, 11) is 1.61. The number of methoxy groups -OCH3 is 1. The average molecular weight is 388 g/mol. The molecule has 0 bridgehead atoms. The van der Waals surface area contributed by atoms with Crippen LogP contribution in [0.2, 0.25) is 5.02 Å². The molecule has 6 heteroatoms. The molecular formula is C19H14ClNO2S2. The van der Waals surface area contributed by atoms with Gasteiger partial charge >= 0.3 is 0 Å². The number of ether oxygens (including phenoxy) is 1. The maximum atomic E-state index is 12.6. The largest absolute Gasteiger partial charge is 0.497 e. The van der Waals surface area contributed by atoms with Crippen molar-refractivity contribution in [3.8, 4) is 16.2 Å². The van der Waals surface area contributed by atoms with E-state index in [1.165, 1.54) is 21.8 Å². The number of halogens is 1. The molecule has 25 heavy (non-hydrogen) atoms. The summed E-state index contributed by atoms with van der Waals surface area (Å²) in [6, 6.07) is 15.2. The van der Waals surface area contributed by atoms with Crippen LogP contribution in [-0.4, -0.2) is 13.0 Å². The number of fused-ring (bicyclic) bond motifs is 3. The molecule has 0 aliphatic carbocycles. The van der Waals surface area contributed by atoms with Crippen LogP contribution in [0.1, 0.15) is 15.2 Å². The van der Waals surface area contributed by atoms with Crippen molar-refractivity contribution < 1.29 is 9.53 Å². The van der Waals surface area contributed by atoms with E-state index in [0.717, 1.165) is 26.9 Å². The van der Waals surface area contributed by atoms with Gasteiger partial charge in [-0.3, -0.25) is 4.79 Å². The minimum atomic E-state index is -0.104. The topological polar surface area (TPSA) is 38.3 Å². The minimum absolute atomic E-state index is 0.104. The molecule has 3 nitrogen and oxygen atoms in total. The van der Waals surface area contributed by atoms with E-state index in [-0.39, 0.29) is 5.91 Å². The lowest BCUT2D eigenvalue weighted by molar-refractivity contribution is 0.103. The Morgan fingerprint density at radius 2 is 2.08 bits per heavy atom. The maximum absolute atomic E-state index is 12.6. The molecule has 0 saturated carbocycles. The zero-order valence-corrected chi connectivity index (χ0v) is 15.7. The van der Waals surface area contributed by atoms with Crippen LogP contribution in [0.25, 0.3) is 10.4 Å². The third kappa shape index (κ3) is 3.27. The van der Waals surface area contributed by atoms with E-state index in [9.17, 15) is 4.79 Å². The number of hydrogen-bond acceptors (Lipinski definition) is 4. The second-order valence-electron chi connectivity index (χ2n) is 5.58. The first-order chi connectivity index (χ1) is 12.1. The zero-order chi connectivity index (χ0) is 17.4. The van der Waals surface area contributed by atoms with Gasteiger partial charge < -0.3 is 10.1 Å². The highest BCUT2D eigenvalue weighted by molar-refractivity contribution is 7.98. The van der Waals surface area contributed by atoms with Gasteiger partial charge in [0.1, 0.15) is 5.75 Å². The summed E-state index contributed by atoms with van der Waals surface area (Å²) in [6.45, 7) is 0. The Morgan fingerprint density at radius 3 is 2.92 bits per heavy atom. The normalized spacial score (nSPS) is 12.2. The van der Waals surface area contributed by atoms with Gasteiger partial charge in [0.15, 0.2) is 0 Å². The molecule has 0 fully saturated rings. The molecule has 0 unspecified atom stereocenters. The number of thioether (sulfide) groups is 1. The van der Waals surface area contributed by atoms with E-state index in [1.807, 2.05) is 42.5 Å². The second-order valence-corrected chi connectivity index (χ2v) is 8.09. The number of carbonyl (C=O) groups is 1. The molecule has 4 rings (SSSR count). The molecule has 2 aromatic carbocycles. The first kappa shape index (κ1) is 16.5. The van der Waals surface area contributed by atoms with Gasteiger partial charge in [-0.15, -0.1) is 23.1 Å². The number of benzene rings is 2. The van der Waals surface area contributed by atoms with Crippen molar-refractivity contribution in [3.05, 3.63) is 64.0 Å². The third-order valence-electron chi connectivity index (χ3n) is 3.93. The molecule has 0 spiro atoms. The van der Waals surface area contributed by atoms with E-state index in [0.29, 0.717) is 10.6 Å². The molecule has 0 saturated heterocycles. The van der Waals surface area contributed by atoms with Gasteiger partial charge in [-0.1, -0.05) is 23.7 Å². The Labute approximate surface area is 159 Å². The quantitative estimate of drug-likeness (QED) is 0.604. The van der Waals surface area contributed by atoms with E-state index in [1.54, 1.807) is 24.9 Å². The van der Waals surface area contributed by atoms with Crippen LogP contribution in [0, 0.1) is 0 Å². The van der Waals surface area contributed by atoms with Crippen molar-refractivity contribution in [2.45, 2.75) is 10.6 Å². The molecule has 2 heterocycles. The predicted molar refractivity (Wildman–Crippen MR) is 105 cm³/mol. The number of carbonyl (C=O) groups excluding carboxylic acids is 1. The van der Waals surface area contributed by atoms with Crippen molar-refractivity contribution in [2.24, 2.45) is 0 Å². The van der Waals surface area contributed by atoms with Crippen LogP contribution in [-0.2, 0) is 5.75 Å². The van der Waals surface area contributed by atoms with Gasteiger partial charge in [0.05, 0.1) is 12.0 Å². The second kappa shape index (κ2) is 6.75. The summed E-state index contributed by atoms with van der Waals surface area (Å²) in [5.41, 5.74) is 3.07. The van der Waals surface area contributed by atoms with Crippen molar-refractivity contribution in [1.82, 2.24) is 0 Å². The van der Waals surface area contributed by atoms with Gasteiger partial charge in [-0.05, 0) is 35.9 Å². The molecule has 1 aliphatic heterocycles. The number of nitrogens with one attached hydrogen (secondary N) is 1. The Balaban J connectivity index is 1.62. The van der Waals surface area contributed by atoms with E-state index >= 15 is 0 Å². The average Bonchev–Trinajstić information content (AvgIpc) is 3.06. The van der Waals surface area contributed by atoms with Gasteiger partial charge in [0.25, 0.3) is 5.91 Å². The Bertz CT molecular complexity index is 968. The maximum Gasteiger partial charge on any atom is 0.265 e. The number of rotatable bonds is 3. The van der Waals surface area contributed by atoms with E-state index < -0.39 is 0 Å². The summed E-state index contributed by atoms with van der Waals surface area (Å²) in [6.07, 6.45) is 0. The molecule has 3 aromatic rings. The fourth-order valence-electron chi connectivity index (χ4n) is 2.73. The summed E-state index contributed by atoms with van der Waals surface area (Å²) in [4.78, 5) is 15.7. The number of hydrogen-bond donors (Lipinski definition) is 1. The minimum Gasteiger partial charge on any atom is -0.497 e. The van der Waals surface area contributed by atoms with E-state index in [2.05, 4.69) is 5.32 Å². The lowest BCUT2D eigenvalue weighted by Gasteiger charge is -2.15. The van der Waals surface area contributed by atoms with Crippen LogP contribution in [0.4, 0.5) is 5.69 Å². The standard InChI is InChI=1S/C19H14ClNO2S2/c1-23-14-4-2-3-13(9-14)21-19(22)17-7-11-10-24-16-8-12(20)5-6-15(16)18(11)25-17/h2-9H,10H2,1H3,(H,21,22). The Hall–Kier alpha value is -1.95. The molecule has 1 amide bonds. The highest BCUT2D eigenvalue weighted by Crippen LogP contribution is 2.46. The first-order valence-electron chi connectivity index (χ1n) is 7.65. The molecule has 1 aliphatic rings. The highest BCUT2D eigenvalue weighted by atomic mass is 35.5. The van der Waals surface area contributed by atoms with Crippen molar-refractivity contribution in [1.29, 1.82) is 0 Å². The fraction of sp³-hybridized carbons (Fsp3) is 0.105. The zero-order valence-electron chi connectivity index (χ0n) is 13.3. The molecular weight excluding hydrogens is 374 g/mol. The van der Waals surface area contributed by atoms with Crippen LogP contribution < -0.4 is 10.1 Å². The summed E-state index contributed by atoms with van der Waals surface area (Å²) in [5.74, 6) is 1.46. The number of anilines is 1. The smallest absolute Gasteiger partial charge is 0.265 e. The fourth-order valence-corrected chi connectivity index (χ4v) is 5.31. The van der Waals surface area contributed by atoms with Gasteiger partial charge in [-0.2, -0.15) is 0 Å². The number of thiophene rings is 1. The van der Waals surface area contributed by atoms with Gasteiger partial charge in [-0.25, -0.2) is 0 Å². The Kier molecular flexibility index (Phi) is 4.46.